The Hall–Kier alpha value is -0.120. The zero-order valence-corrected chi connectivity index (χ0v) is 11.1. The lowest BCUT2D eigenvalue weighted by Crippen LogP contribution is -2.55. The summed E-state index contributed by atoms with van der Waals surface area (Å²) in [7, 11) is 0. The highest BCUT2D eigenvalue weighted by Crippen LogP contribution is 2.23. The van der Waals surface area contributed by atoms with Crippen molar-refractivity contribution in [1.29, 1.82) is 0 Å². The first-order chi connectivity index (χ1) is 7.53. The molecule has 2 heterocycles. The lowest BCUT2D eigenvalue weighted by molar-refractivity contribution is 0.0385. The maximum atomic E-state index is 3.41. The summed E-state index contributed by atoms with van der Waals surface area (Å²) in [4.78, 5) is 5.22. The summed E-state index contributed by atoms with van der Waals surface area (Å²) in [5.41, 5.74) is 0.458. The number of hydrogen-bond acceptors (Lipinski definition) is 3. The van der Waals surface area contributed by atoms with E-state index in [1.54, 1.807) is 0 Å². The van der Waals surface area contributed by atoms with Crippen molar-refractivity contribution in [3.05, 3.63) is 0 Å². The standard InChI is InChI=1S/C13H27N3/c1-13(2,3)11-16-9-12(10-16)8-15-6-4-14-5-7-15/h12,14H,4-11H2,1-3H3. The van der Waals surface area contributed by atoms with Crippen LogP contribution in [0, 0.1) is 11.3 Å². The largest absolute Gasteiger partial charge is 0.314 e. The molecule has 3 heteroatoms. The molecule has 94 valence electrons. The first-order valence-electron chi connectivity index (χ1n) is 6.68. The van der Waals surface area contributed by atoms with Gasteiger partial charge >= 0.3 is 0 Å². The Kier molecular flexibility index (Phi) is 3.88. The maximum absolute atomic E-state index is 3.41. The highest BCUT2D eigenvalue weighted by atomic mass is 15.2. The fraction of sp³-hybridized carbons (Fsp3) is 1.00. The summed E-state index contributed by atoms with van der Waals surface area (Å²) in [6, 6.07) is 0. The second-order valence-electron chi connectivity index (χ2n) is 6.67. The Morgan fingerprint density at radius 3 is 2.25 bits per heavy atom. The van der Waals surface area contributed by atoms with Crippen molar-refractivity contribution < 1.29 is 0 Å². The monoisotopic (exact) mass is 225 g/mol. The Morgan fingerprint density at radius 1 is 1.06 bits per heavy atom. The van der Waals surface area contributed by atoms with Gasteiger partial charge in [-0.15, -0.1) is 0 Å². The number of piperazine rings is 1. The molecule has 1 N–H and O–H groups in total. The van der Waals surface area contributed by atoms with Crippen molar-refractivity contribution in [2.45, 2.75) is 20.8 Å². The van der Waals surface area contributed by atoms with Crippen LogP contribution < -0.4 is 5.32 Å². The van der Waals surface area contributed by atoms with Crippen molar-refractivity contribution in [2.24, 2.45) is 11.3 Å². The van der Waals surface area contributed by atoms with Gasteiger partial charge in [-0.2, -0.15) is 0 Å². The van der Waals surface area contributed by atoms with E-state index >= 15 is 0 Å². The van der Waals surface area contributed by atoms with Crippen molar-refractivity contribution in [2.75, 3.05) is 52.4 Å². The SMILES string of the molecule is CC(C)(C)CN1CC(CN2CCNCC2)C1. The quantitative estimate of drug-likeness (QED) is 0.769. The molecule has 3 nitrogen and oxygen atoms in total. The summed E-state index contributed by atoms with van der Waals surface area (Å²) in [6.45, 7) is 17.1. The minimum absolute atomic E-state index is 0.458. The summed E-state index contributed by atoms with van der Waals surface area (Å²) in [6.07, 6.45) is 0. The third-order valence-corrected chi connectivity index (χ3v) is 3.46. The topological polar surface area (TPSA) is 18.5 Å². The van der Waals surface area contributed by atoms with E-state index in [4.69, 9.17) is 0 Å². The molecule has 0 atom stereocenters. The van der Waals surface area contributed by atoms with Crippen LogP contribution in [0.15, 0.2) is 0 Å². The lowest BCUT2D eigenvalue weighted by atomic mass is 9.91. The molecule has 0 bridgehead atoms. The predicted molar refractivity (Wildman–Crippen MR) is 68.7 cm³/mol. The highest BCUT2D eigenvalue weighted by Gasteiger charge is 2.30. The van der Waals surface area contributed by atoms with Crippen LogP contribution in [-0.4, -0.2) is 62.2 Å². The van der Waals surface area contributed by atoms with Gasteiger partial charge in [-0.3, -0.25) is 0 Å². The average Bonchev–Trinajstić information content (AvgIpc) is 2.14. The summed E-state index contributed by atoms with van der Waals surface area (Å²) < 4.78 is 0. The van der Waals surface area contributed by atoms with Gasteiger partial charge in [-0.25, -0.2) is 0 Å². The molecule has 0 unspecified atom stereocenters. The van der Waals surface area contributed by atoms with E-state index in [1.807, 2.05) is 0 Å². The molecule has 2 rings (SSSR count). The first-order valence-corrected chi connectivity index (χ1v) is 6.68. The van der Waals surface area contributed by atoms with Gasteiger partial charge in [-0.05, 0) is 11.3 Å². The molecule has 0 saturated carbocycles. The Morgan fingerprint density at radius 2 is 1.69 bits per heavy atom. The van der Waals surface area contributed by atoms with E-state index in [0.29, 0.717) is 5.41 Å². The summed E-state index contributed by atoms with van der Waals surface area (Å²) in [5.74, 6) is 0.931. The lowest BCUT2D eigenvalue weighted by Gasteiger charge is -2.45. The molecule has 0 aliphatic carbocycles. The molecular formula is C13H27N3. The number of nitrogens with one attached hydrogen (secondary N) is 1. The Labute approximate surface area is 100 Å². The molecule has 2 fully saturated rings. The van der Waals surface area contributed by atoms with Crippen LogP contribution in [0.4, 0.5) is 0 Å². The minimum atomic E-state index is 0.458. The third-order valence-electron chi connectivity index (χ3n) is 3.46. The third kappa shape index (κ3) is 3.72. The maximum Gasteiger partial charge on any atom is 0.0108 e. The molecule has 0 radical (unpaired) electrons. The van der Waals surface area contributed by atoms with Gasteiger partial charge in [0.25, 0.3) is 0 Å². The van der Waals surface area contributed by atoms with Crippen LogP contribution in [0.25, 0.3) is 0 Å². The molecule has 2 aliphatic rings. The smallest absolute Gasteiger partial charge is 0.0108 e. The first kappa shape index (κ1) is 12.3. The molecule has 2 aliphatic heterocycles. The van der Waals surface area contributed by atoms with Gasteiger partial charge in [-0.1, -0.05) is 20.8 Å². The molecule has 0 spiro atoms. The van der Waals surface area contributed by atoms with E-state index in [0.717, 1.165) is 5.92 Å². The number of nitrogens with zero attached hydrogens (tertiary/aromatic N) is 2. The van der Waals surface area contributed by atoms with Crippen LogP contribution in [-0.2, 0) is 0 Å². The predicted octanol–water partition coefficient (Wildman–Crippen LogP) is 0.870. The number of hydrogen-bond donors (Lipinski definition) is 1. The van der Waals surface area contributed by atoms with E-state index in [-0.39, 0.29) is 0 Å². The highest BCUT2D eigenvalue weighted by molar-refractivity contribution is 4.85. The van der Waals surface area contributed by atoms with Crippen molar-refractivity contribution in [3.63, 3.8) is 0 Å². The van der Waals surface area contributed by atoms with Gasteiger partial charge in [0, 0.05) is 52.4 Å². The summed E-state index contributed by atoms with van der Waals surface area (Å²) in [5, 5.41) is 3.41. The van der Waals surface area contributed by atoms with E-state index < -0.39 is 0 Å². The zero-order chi connectivity index (χ0) is 11.6. The van der Waals surface area contributed by atoms with Gasteiger partial charge in [0.2, 0.25) is 0 Å². The van der Waals surface area contributed by atoms with Crippen molar-refractivity contribution in [3.8, 4) is 0 Å². The molecule has 16 heavy (non-hydrogen) atoms. The molecular weight excluding hydrogens is 198 g/mol. The van der Waals surface area contributed by atoms with Crippen molar-refractivity contribution >= 4 is 0 Å². The fourth-order valence-electron chi connectivity index (χ4n) is 2.85. The van der Waals surface area contributed by atoms with Gasteiger partial charge in [0.1, 0.15) is 0 Å². The molecule has 0 aromatic heterocycles. The van der Waals surface area contributed by atoms with Crippen molar-refractivity contribution in [1.82, 2.24) is 15.1 Å². The van der Waals surface area contributed by atoms with Crippen LogP contribution >= 0.6 is 0 Å². The summed E-state index contributed by atoms with van der Waals surface area (Å²) >= 11 is 0. The Bertz CT molecular complexity index is 210. The van der Waals surface area contributed by atoms with Gasteiger partial charge < -0.3 is 15.1 Å². The molecule has 0 aromatic rings. The zero-order valence-electron chi connectivity index (χ0n) is 11.1. The minimum Gasteiger partial charge on any atom is -0.314 e. The van der Waals surface area contributed by atoms with Crippen LogP contribution in [0.2, 0.25) is 0 Å². The van der Waals surface area contributed by atoms with E-state index in [1.165, 1.54) is 52.4 Å². The van der Waals surface area contributed by atoms with E-state index in [9.17, 15) is 0 Å². The van der Waals surface area contributed by atoms with E-state index in [2.05, 4.69) is 35.9 Å². The van der Waals surface area contributed by atoms with Gasteiger partial charge in [0.15, 0.2) is 0 Å². The van der Waals surface area contributed by atoms with Crippen LogP contribution in [0.1, 0.15) is 20.8 Å². The van der Waals surface area contributed by atoms with Gasteiger partial charge in [0.05, 0.1) is 0 Å². The molecule has 0 amide bonds. The Balaban J connectivity index is 1.61. The average molecular weight is 225 g/mol. The fourth-order valence-corrected chi connectivity index (χ4v) is 2.85. The second-order valence-corrected chi connectivity index (χ2v) is 6.67. The molecule has 2 saturated heterocycles. The number of likely N-dealkylation sites (tertiary alicyclic amines) is 1. The molecule has 0 aromatic carbocycles. The normalized spacial score (nSPS) is 25.7. The second kappa shape index (κ2) is 5.03. The van der Waals surface area contributed by atoms with Crippen LogP contribution in [0.3, 0.4) is 0 Å². The number of rotatable bonds is 3. The van der Waals surface area contributed by atoms with Crippen LogP contribution in [0.5, 0.6) is 0 Å².